The Balaban J connectivity index is 1.33. The van der Waals surface area contributed by atoms with E-state index in [0.29, 0.717) is 22.1 Å². The first-order valence-corrected chi connectivity index (χ1v) is 9.16. The number of fused-ring (bicyclic) bond motifs is 1. The van der Waals surface area contributed by atoms with Crippen LogP contribution in [-0.4, -0.2) is 31.6 Å². The van der Waals surface area contributed by atoms with Gasteiger partial charge in [-0.05, 0) is 36.4 Å². The highest BCUT2D eigenvalue weighted by Gasteiger charge is 2.09. The molecule has 4 aromatic rings. The van der Waals surface area contributed by atoms with E-state index in [1.54, 1.807) is 18.5 Å². The highest BCUT2D eigenvalue weighted by Crippen LogP contribution is 2.24. The number of aromatic amines is 1. The lowest BCUT2D eigenvalue weighted by atomic mass is 10.3. The van der Waals surface area contributed by atoms with Gasteiger partial charge < -0.3 is 15.0 Å². The first-order chi connectivity index (χ1) is 13.3. The van der Waals surface area contributed by atoms with Crippen LogP contribution in [0.1, 0.15) is 0 Å². The van der Waals surface area contributed by atoms with Gasteiger partial charge in [0.25, 0.3) is 0 Å². The van der Waals surface area contributed by atoms with Crippen molar-refractivity contribution in [3.63, 3.8) is 0 Å². The summed E-state index contributed by atoms with van der Waals surface area (Å²) >= 11 is 1.33. The Morgan fingerprint density at radius 3 is 2.59 bits per heavy atom. The lowest BCUT2D eigenvalue weighted by Gasteiger charge is -2.08. The number of H-pyrrole nitrogens is 1. The zero-order valence-corrected chi connectivity index (χ0v) is 14.9. The number of carbonyl (C=O) groups is 1. The second-order valence-corrected chi connectivity index (χ2v) is 6.52. The number of ether oxygens (including phenoxy) is 1. The highest BCUT2D eigenvalue weighted by molar-refractivity contribution is 8.00. The Kier molecular flexibility index (Phi) is 4.97. The first-order valence-electron chi connectivity index (χ1n) is 8.17. The van der Waals surface area contributed by atoms with Crippen LogP contribution < -0.4 is 10.1 Å². The number of thioether (sulfide) groups is 1. The van der Waals surface area contributed by atoms with E-state index in [2.05, 4.69) is 25.3 Å². The van der Waals surface area contributed by atoms with Crippen LogP contribution in [0.4, 0.5) is 5.69 Å². The number of nitrogens with one attached hydrogen (secondary N) is 2. The molecule has 0 spiro atoms. The predicted octanol–water partition coefficient (Wildman–Crippen LogP) is 3.88. The summed E-state index contributed by atoms with van der Waals surface area (Å²) < 4.78 is 5.74. The van der Waals surface area contributed by atoms with Crippen molar-refractivity contribution in [2.75, 3.05) is 11.1 Å². The molecule has 0 unspecified atom stereocenters. The normalized spacial score (nSPS) is 10.7. The molecule has 0 saturated heterocycles. The topological polar surface area (TPSA) is 92.8 Å². The number of hydrogen-bond donors (Lipinski definition) is 2. The number of hydrogen-bond acceptors (Lipinski definition) is 6. The van der Waals surface area contributed by atoms with Crippen LogP contribution in [0, 0.1) is 0 Å². The molecule has 7 nitrogen and oxygen atoms in total. The van der Waals surface area contributed by atoms with Crippen molar-refractivity contribution in [2.24, 2.45) is 0 Å². The summed E-state index contributed by atoms with van der Waals surface area (Å²) in [6, 6.07) is 16.8. The number of amides is 1. The van der Waals surface area contributed by atoms with Gasteiger partial charge in [-0.3, -0.25) is 4.79 Å². The average Bonchev–Trinajstić information content (AvgIpc) is 3.18. The molecule has 0 aliphatic rings. The lowest BCUT2D eigenvalue weighted by Crippen LogP contribution is -2.14. The fourth-order valence-corrected chi connectivity index (χ4v) is 3.17. The largest absolute Gasteiger partial charge is 0.457 e. The maximum absolute atomic E-state index is 12.2. The minimum Gasteiger partial charge on any atom is -0.457 e. The fraction of sp³-hybridized carbons (Fsp3) is 0.0526. The molecule has 0 saturated carbocycles. The smallest absolute Gasteiger partial charge is 0.234 e. The third-order valence-corrected chi connectivity index (χ3v) is 4.63. The Morgan fingerprint density at radius 2 is 1.78 bits per heavy atom. The molecule has 0 fully saturated rings. The van der Waals surface area contributed by atoms with Crippen LogP contribution in [0.15, 0.2) is 72.3 Å². The molecule has 4 rings (SSSR count). The van der Waals surface area contributed by atoms with E-state index in [0.717, 1.165) is 11.3 Å². The van der Waals surface area contributed by atoms with Crippen LogP contribution in [0.3, 0.4) is 0 Å². The van der Waals surface area contributed by atoms with E-state index in [1.807, 2.05) is 42.5 Å². The standard InChI is InChI=1S/C19H15N5O2S/c25-16(10-27-19-17-18(21-11-20-17)22-12-23-19)24-13-6-8-15(9-7-13)26-14-4-2-1-3-5-14/h1-9,11-12H,10H2,(H,24,25)(H,20,21,22,23). The molecule has 2 N–H and O–H groups in total. The van der Waals surface area contributed by atoms with Gasteiger partial charge in [-0.15, -0.1) is 0 Å². The minimum absolute atomic E-state index is 0.122. The number of aromatic nitrogens is 4. The van der Waals surface area contributed by atoms with Crippen molar-refractivity contribution in [1.29, 1.82) is 0 Å². The number of carbonyl (C=O) groups excluding carboxylic acids is 1. The Bertz CT molecular complexity index is 1050. The molecule has 2 heterocycles. The summed E-state index contributed by atoms with van der Waals surface area (Å²) in [6.45, 7) is 0. The second-order valence-electron chi connectivity index (χ2n) is 5.56. The van der Waals surface area contributed by atoms with Crippen LogP contribution in [0.2, 0.25) is 0 Å². The Morgan fingerprint density at radius 1 is 1.00 bits per heavy atom. The summed E-state index contributed by atoms with van der Waals surface area (Å²) in [5.41, 5.74) is 2.02. The second kappa shape index (κ2) is 7.88. The maximum Gasteiger partial charge on any atom is 0.234 e. The van der Waals surface area contributed by atoms with Gasteiger partial charge in [0.05, 0.1) is 12.1 Å². The SMILES string of the molecule is O=C(CSc1ncnc2nc[nH]c12)Nc1ccc(Oc2ccccc2)cc1. The van der Waals surface area contributed by atoms with Crippen LogP contribution in [0.5, 0.6) is 11.5 Å². The number of rotatable bonds is 6. The quantitative estimate of drug-likeness (QED) is 0.391. The Labute approximate surface area is 159 Å². The van der Waals surface area contributed by atoms with Crippen molar-refractivity contribution in [1.82, 2.24) is 19.9 Å². The summed E-state index contributed by atoms with van der Waals surface area (Å²) in [5.74, 6) is 1.58. The summed E-state index contributed by atoms with van der Waals surface area (Å²) in [7, 11) is 0. The molecule has 0 atom stereocenters. The molecule has 8 heteroatoms. The van der Waals surface area contributed by atoms with Gasteiger partial charge in [-0.1, -0.05) is 30.0 Å². The zero-order valence-electron chi connectivity index (χ0n) is 14.1. The minimum atomic E-state index is -0.122. The summed E-state index contributed by atoms with van der Waals surface area (Å²) in [4.78, 5) is 27.5. The zero-order chi connectivity index (χ0) is 18.5. The molecule has 0 bridgehead atoms. The predicted molar refractivity (Wildman–Crippen MR) is 104 cm³/mol. The van der Waals surface area contributed by atoms with Crippen molar-refractivity contribution in [3.8, 4) is 11.5 Å². The fourth-order valence-electron chi connectivity index (χ4n) is 2.41. The van der Waals surface area contributed by atoms with E-state index < -0.39 is 0 Å². The number of benzene rings is 2. The van der Waals surface area contributed by atoms with E-state index in [1.165, 1.54) is 18.1 Å². The number of para-hydroxylation sites is 1. The van der Waals surface area contributed by atoms with Gasteiger partial charge in [0.1, 0.15) is 28.4 Å². The molecule has 27 heavy (non-hydrogen) atoms. The van der Waals surface area contributed by atoms with E-state index in [9.17, 15) is 4.79 Å². The van der Waals surface area contributed by atoms with E-state index >= 15 is 0 Å². The van der Waals surface area contributed by atoms with Crippen LogP contribution in [-0.2, 0) is 4.79 Å². The monoisotopic (exact) mass is 377 g/mol. The number of anilines is 1. The lowest BCUT2D eigenvalue weighted by molar-refractivity contribution is -0.113. The first kappa shape index (κ1) is 17.0. The van der Waals surface area contributed by atoms with Gasteiger partial charge in [-0.2, -0.15) is 0 Å². The van der Waals surface area contributed by atoms with Gasteiger partial charge in [0.2, 0.25) is 5.91 Å². The van der Waals surface area contributed by atoms with Crippen molar-refractivity contribution in [3.05, 3.63) is 67.3 Å². The molecule has 0 aliphatic heterocycles. The molecular formula is C19H15N5O2S. The molecular weight excluding hydrogens is 362 g/mol. The van der Waals surface area contributed by atoms with Gasteiger partial charge in [0, 0.05) is 5.69 Å². The molecule has 2 aromatic carbocycles. The van der Waals surface area contributed by atoms with Crippen molar-refractivity contribution >= 4 is 34.5 Å². The molecule has 0 radical (unpaired) electrons. The summed E-state index contributed by atoms with van der Waals surface area (Å²) in [5, 5.41) is 3.55. The Hall–Kier alpha value is -3.39. The average molecular weight is 377 g/mol. The number of imidazole rings is 1. The van der Waals surface area contributed by atoms with Gasteiger partial charge in [-0.25, -0.2) is 15.0 Å². The van der Waals surface area contributed by atoms with Crippen molar-refractivity contribution in [2.45, 2.75) is 5.03 Å². The van der Waals surface area contributed by atoms with E-state index in [4.69, 9.17) is 4.74 Å². The van der Waals surface area contributed by atoms with Crippen molar-refractivity contribution < 1.29 is 9.53 Å². The summed E-state index contributed by atoms with van der Waals surface area (Å²) in [6.07, 6.45) is 3.00. The van der Waals surface area contributed by atoms with Crippen LogP contribution >= 0.6 is 11.8 Å². The highest BCUT2D eigenvalue weighted by atomic mass is 32.2. The molecule has 0 aliphatic carbocycles. The van der Waals surface area contributed by atoms with Gasteiger partial charge >= 0.3 is 0 Å². The van der Waals surface area contributed by atoms with Crippen LogP contribution in [0.25, 0.3) is 11.2 Å². The third kappa shape index (κ3) is 4.24. The third-order valence-electron chi connectivity index (χ3n) is 3.65. The molecule has 134 valence electrons. The van der Waals surface area contributed by atoms with Gasteiger partial charge in [0.15, 0.2) is 5.65 Å². The molecule has 1 amide bonds. The number of nitrogens with zero attached hydrogens (tertiary/aromatic N) is 3. The molecule has 2 aromatic heterocycles. The maximum atomic E-state index is 12.2. The van der Waals surface area contributed by atoms with E-state index in [-0.39, 0.29) is 11.7 Å².